The fourth-order valence-corrected chi connectivity index (χ4v) is 6.50. The highest BCUT2D eigenvalue weighted by Crippen LogP contribution is 2.31. The smallest absolute Gasteiger partial charge is 0.217 e. The van der Waals surface area contributed by atoms with E-state index in [9.17, 15) is 65.8 Å². The van der Waals surface area contributed by atoms with E-state index >= 15 is 0 Å². The number of aromatic nitrogens is 1. The molecule has 56 heavy (non-hydrogen) atoms. The standard InChI is InChI=1S/C33H54N4O19/c1-12-21(43)25(47)27(49)32(52-12)51-11-16(42)29(22(44)15(36-13(2)40)8-35-19-6-4-5-7-34-19)55-31-20(37-14(3)41)24(46)30(18(10-39)54-31)56-33-28(50)26(48)23(45)17(9-38)53-33/h4-7,12,15-18,20-33,38-39,42-50H,8-11H2,1-3H3,(H,34,35)(H,36,40)(H,37,41)/t12-,15-,16+,17+,18+,20+,21+,22+,23+,24+,25+,26-,27-,28-,29+,30+,31-,32+,33-/m0/s1. The summed E-state index contributed by atoms with van der Waals surface area (Å²) in [4.78, 5) is 28.9. The van der Waals surface area contributed by atoms with Crippen LogP contribution in [0.4, 0.5) is 5.82 Å². The molecule has 4 rings (SSSR count). The predicted molar refractivity (Wildman–Crippen MR) is 184 cm³/mol. The molecule has 0 aromatic carbocycles. The van der Waals surface area contributed by atoms with E-state index in [1.54, 1.807) is 18.2 Å². The van der Waals surface area contributed by atoms with Crippen molar-refractivity contribution in [3.63, 3.8) is 0 Å². The minimum Gasteiger partial charge on any atom is -0.394 e. The van der Waals surface area contributed by atoms with E-state index in [1.807, 2.05) is 0 Å². The van der Waals surface area contributed by atoms with Gasteiger partial charge in [0.05, 0.1) is 32.0 Å². The summed E-state index contributed by atoms with van der Waals surface area (Å²) < 4.78 is 34.1. The van der Waals surface area contributed by atoms with E-state index in [1.165, 1.54) is 13.1 Å². The zero-order valence-electron chi connectivity index (χ0n) is 30.7. The molecule has 320 valence electrons. The fraction of sp³-hybridized carbons (Fsp3) is 0.788. The molecule has 3 aliphatic heterocycles. The fourth-order valence-electron chi connectivity index (χ4n) is 6.50. The summed E-state index contributed by atoms with van der Waals surface area (Å²) in [5.74, 6) is -1.03. The highest BCUT2D eigenvalue weighted by Gasteiger charge is 2.53. The molecule has 2 amide bonds. The van der Waals surface area contributed by atoms with E-state index in [0.29, 0.717) is 5.82 Å². The van der Waals surface area contributed by atoms with Crippen molar-refractivity contribution in [2.45, 2.75) is 137 Å². The molecule has 0 spiro atoms. The SMILES string of the molecule is CC(=O)N[C@H]1[C@H](O[C@@H]([C@H](O)[C@H](CNc2ccccn2)NC(C)=O)[C@H](O)CO[C@@H]2O[C@@H](C)[C@@H](O)[C@@H](O)[C@@H]2O)O[C@H](CO)[C@@H](O[C@@H]2O[C@H](CO)[C@@H](O)[C@H](O)[C@@H]2O)[C@@H]1O. The first-order chi connectivity index (χ1) is 26.5. The van der Waals surface area contributed by atoms with Gasteiger partial charge in [0.2, 0.25) is 11.8 Å². The van der Waals surface area contributed by atoms with Gasteiger partial charge in [0, 0.05) is 26.6 Å². The molecule has 3 saturated heterocycles. The minimum atomic E-state index is -1.92. The summed E-state index contributed by atoms with van der Waals surface area (Å²) in [5.41, 5.74) is 0. The van der Waals surface area contributed by atoms with Gasteiger partial charge in [-0.3, -0.25) is 9.59 Å². The van der Waals surface area contributed by atoms with Crippen molar-refractivity contribution >= 4 is 17.6 Å². The van der Waals surface area contributed by atoms with Gasteiger partial charge in [0.15, 0.2) is 18.9 Å². The van der Waals surface area contributed by atoms with Crippen molar-refractivity contribution in [1.82, 2.24) is 15.6 Å². The Morgan fingerprint density at radius 2 is 1.45 bits per heavy atom. The number of amides is 2. The van der Waals surface area contributed by atoms with Crippen LogP contribution in [0.2, 0.25) is 0 Å². The molecule has 0 aliphatic carbocycles. The Labute approximate surface area is 320 Å². The van der Waals surface area contributed by atoms with Crippen LogP contribution in [0.3, 0.4) is 0 Å². The number of hydrogen-bond acceptors (Lipinski definition) is 21. The van der Waals surface area contributed by atoms with E-state index in [4.69, 9.17) is 28.4 Å². The topological polar surface area (TPSA) is 361 Å². The number of aliphatic hydroxyl groups is 11. The van der Waals surface area contributed by atoms with E-state index in [0.717, 1.165) is 13.8 Å². The van der Waals surface area contributed by atoms with Gasteiger partial charge in [0.1, 0.15) is 91.2 Å². The second-order valence-electron chi connectivity index (χ2n) is 13.8. The largest absolute Gasteiger partial charge is 0.394 e. The van der Waals surface area contributed by atoms with Crippen LogP contribution < -0.4 is 16.0 Å². The zero-order valence-corrected chi connectivity index (χ0v) is 30.7. The molecule has 0 saturated carbocycles. The molecule has 0 unspecified atom stereocenters. The number of anilines is 1. The lowest BCUT2D eigenvalue weighted by Crippen LogP contribution is -2.68. The van der Waals surface area contributed by atoms with Crippen molar-refractivity contribution in [3.05, 3.63) is 24.4 Å². The number of hydrogen-bond donors (Lipinski definition) is 14. The Hall–Kier alpha value is -2.79. The van der Waals surface area contributed by atoms with Crippen LogP contribution in [0.1, 0.15) is 20.8 Å². The van der Waals surface area contributed by atoms with Crippen molar-refractivity contribution < 1.29 is 94.2 Å². The molecule has 3 aliphatic rings. The third kappa shape index (κ3) is 11.2. The van der Waals surface area contributed by atoms with Crippen molar-refractivity contribution in [3.8, 4) is 0 Å². The van der Waals surface area contributed by atoms with Gasteiger partial charge in [-0.05, 0) is 19.1 Å². The van der Waals surface area contributed by atoms with Crippen molar-refractivity contribution in [1.29, 1.82) is 0 Å². The Bertz CT molecular complexity index is 1370. The number of aliphatic hydroxyl groups excluding tert-OH is 11. The first-order valence-corrected chi connectivity index (χ1v) is 17.9. The summed E-state index contributed by atoms with van der Waals surface area (Å²) in [6.45, 7) is 0.893. The maximum absolute atomic E-state index is 12.4. The van der Waals surface area contributed by atoms with Crippen LogP contribution in [0.5, 0.6) is 0 Å². The van der Waals surface area contributed by atoms with Crippen molar-refractivity contribution in [2.24, 2.45) is 0 Å². The van der Waals surface area contributed by atoms with Gasteiger partial charge in [-0.15, -0.1) is 0 Å². The Balaban J connectivity index is 1.63. The summed E-state index contributed by atoms with van der Waals surface area (Å²) >= 11 is 0. The molecule has 1 aromatic rings. The summed E-state index contributed by atoms with van der Waals surface area (Å²) in [6.07, 6.45) is -27.5. The highest BCUT2D eigenvalue weighted by atomic mass is 16.7. The van der Waals surface area contributed by atoms with Gasteiger partial charge >= 0.3 is 0 Å². The maximum atomic E-state index is 12.4. The lowest BCUT2D eigenvalue weighted by molar-refractivity contribution is -0.355. The summed E-state index contributed by atoms with van der Waals surface area (Å²) in [7, 11) is 0. The van der Waals surface area contributed by atoms with E-state index < -0.39 is 148 Å². The Morgan fingerprint density at radius 3 is 2.05 bits per heavy atom. The quantitative estimate of drug-likeness (QED) is 0.0695. The normalized spacial score (nSPS) is 38.5. The number of carbonyl (C=O) groups excluding carboxylic acids is 2. The molecular weight excluding hydrogens is 756 g/mol. The van der Waals surface area contributed by atoms with Crippen LogP contribution in [0, 0.1) is 0 Å². The van der Waals surface area contributed by atoms with Crippen molar-refractivity contribution in [2.75, 3.05) is 31.7 Å². The second kappa shape index (κ2) is 20.8. The number of carbonyl (C=O) groups is 2. The molecule has 14 N–H and O–H groups in total. The van der Waals surface area contributed by atoms with Crippen LogP contribution in [0.15, 0.2) is 24.4 Å². The van der Waals surface area contributed by atoms with Crippen LogP contribution >= 0.6 is 0 Å². The average Bonchev–Trinajstić information content (AvgIpc) is 3.17. The first-order valence-electron chi connectivity index (χ1n) is 17.9. The van der Waals surface area contributed by atoms with Crippen LogP contribution in [-0.2, 0) is 38.0 Å². The molecule has 19 atom stereocenters. The number of nitrogens with zero attached hydrogens (tertiary/aromatic N) is 1. The third-order valence-electron chi connectivity index (χ3n) is 9.58. The number of nitrogens with one attached hydrogen (secondary N) is 3. The third-order valence-corrected chi connectivity index (χ3v) is 9.58. The zero-order chi connectivity index (χ0) is 41.4. The van der Waals surface area contributed by atoms with Gasteiger partial charge in [-0.2, -0.15) is 0 Å². The molecule has 3 fully saturated rings. The van der Waals surface area contributed by atoms with E-state index in [-0.39, 0.29) is 6.54 Å². The average molecular weight is 811 g/mol. The molecule has 23 nitrogen and oxygen atoms in total. The van der Waals surface area contributed by atoms with E-state index in [2.05, 4.69) is 20.9 Å². The lowest BCUT2D eigenvalue weighted by Gasteiger charge is -2.48. The molecule has 1 aromatic heterocycles. The molecule has 4 heterocycles. The Kier molecular flexibility index (Phi) is 17.0. The first kappa shape index (κ1) is 45.9. The molecule has 23 heteroatoms. The Morgan fingerprint density at radius 1 is 0.804 bits per heavy atom. The van der Waals surface area contributed by atoms with Gasteiger partial charge < -0.3 is 101 Å². The number of ether oxygens (including phenoxy) is 6. The van der Waals surface area contributed by atoms with Gasteiger partial charge in [-0.25, -0.2) is 4.98 Å². The summed E-state index contributed by atoms with van der Waals surface area (Å²) in [6, 6.07) is 2.02. The number of pyridine rings is 1. The van der Waals surface area contributed by atoms with Crippen LogP contribution in [-0.4, -0.2) is 216 Å². The van der Waals surface area contributed by atoms with Gasteiger partial charge in [0.25, 0.3) is 0 Å². The minimum absolute atomic E-state index is 0.213. The predicted octanol–water partition coefficient (Wildman–Crippen LogP) is -7.28. The molecule has 0 radical (unpaired) electrons. The molecule has 0 bridgehead atoms. The number of rotatable bonds is 17. The second-order valence-corrected chi connectivity index (χ2v) is 13.8. The maximum Gasteiger partial charge on any atom is 0.217 e. The van der Waals surface area contributed by atoms with Crippen LogP contribution in [0.25, 0.3) is 0 Å². The van der Waals surface area contributed by atoms with Gasteiger partial charge in [-0.1, -0.05) is 6.07 Å². The molecular formula is C33H54N4O19. The summed E-state index contributed by atoms with van der Waals surface area (Å²) in [5, 5.41) is 124. The monoisotopic (exact) mass is 810 g/mol. The highest BCUT2D eigenvalue weighted by molar-refractivity contribution is 5.73. The lowest BCUT2D eigenvalue weighted by atomic mass is 9.94.